The lowest BCUT2D eigenvalue weighted by molar-refractivity contribution is -0.173. The van der Waals surface area contributed by atoms with E-state index in [2.05, 4.69) is 5.32 Å². The molecule has 118 valence electrons. The molecule has 0 spiro atoms. The Morgan fingerprint density at radius 3 is 2.16 bits per heavy atom. The van der Waals surface area contributed by atoms with E-state index in [1.54, 1.807) is 0 Å². The standard InChI is InChI=1S/C10H20F3N3O.2ClH/c1-8(14)4-7-15-5-2-3-6-16-9(17)10(11,12)13;;/h8,15H,2-7,14H2,1H3,(H,16,17);2*1H/t8-;;/m1../s1. The van der Waals surface area contributed by atoms with Gasteiger partial charge in [-0.3, -0.25) is 4.79 Å². The van der Waals surface area contributed by atoms with Crippen LogP contribution >= 0.6 is 24.8 Å². The van der Waals surface area contributed by atoms with E-state index in [-0.39, 0.29) is 37.4 Å². The molecule has 0 radical (unpaired) electrons. The number of hydrogen-bond donors (Lipinski definition) is 3. The average Bonchev–Trinajstić information content (AvgIpc) is 2.19. The number of unbranched alkanes of at least 4 members (excludes halogenated alkanes) is 1. The number of carbonyl (C=O) groups is 1. The summed E-state index contributed by atoms with van der Waals surface area (Å²) >= 11 is 0. The summed E-state index contributed by atoms with van der Waals surface area (Å²) in [6.07, 6.45) is -2.68. The Morgan fingerprint density at radius 1 is 1.16 bits per heavy atom. The fourth-order valence-corrected chi connectivity index (χ4v) is 1.13. The highest BCUT2D eigenvalue weighted by Crippen LogP contribution is 2.13. The number of rotatable bonds is 8. The van der Waals surface area contributed by atoms with Crippen LogP contribution in [-0.2, 0) is 4.79 Å². The maximum atomic E-state index is 11.8. The highest BCUT2D eigenvalue weighted by atomic mass is 35.5. The first-order valence-electron chi connectivity index (χ1n) is 5.65. The highest BCUT2D eigenvalue weighted by molar-refractivity contribution is 5.85. The highest BCUT2D eigenvalue weighted by Gasteiger charge is 2.38. The number of amides is 1. The normalized spacial score (nSPS) is 12.1. The van der Waals surface area contributed by atoms with Crippen molar-refractivity contribution >= 4 is 30.7 Å². The van der Waals surface area contributed by atoms with Gasteiger partial charge < -0.3 is 16.4 Å². The number of alkyl halides is 3. The molecule has 0 aromatic heterocycles. The lowest BCUT2D eigenvalue weighted by Crippen LogP contribution is -2.37. The van der Waals surface area contributed by atoms with Gasteiger partial charge >= 0.3 is 12.1 Å². The maximum absolute atomic E-state index is 11.8. The number of nitrogens with one attached hydrogen (secondary N) is 2. The fraction of sp³-hybridized carbons (Fsp3) is 0.900. The monoisotopic (exact) mass is 327 g/mol. The van der Waals surface area contributed by atoms with Gasteiger partial charge in [-0.1, -0.05) is 0 Å². The Labute approximate surface area is 123 Å². The average molecular weight is 328 g/mol. The van der Waals surface area contributed by atoms with E-state index in [0.717, 1.165) is 19.4 Å². The van der Waals surface area contributed by atoms with Crippen molar-refractivity contribution in [2.75, 3.05) is 19.6 Å². The number of hydrogen-bond acceptors (Lipinski definition) is 3. The van der Waals surface area contributed by atoms with Gasteiger partial charge in [-0.2, -0.15) is 13.2 Å². The molecule has 1 amide bonds. The van der Waals surface area contributed by atoms with Gasteiger partial charge in [0, 0.05) is 12.6 Å². The van der Waals surface area contributed by atoms with Gasteiger partial charge in [-0.05, 0) is 39.3 Å². The molecule has 4 nitrogen and oxygen atoms in total. The van der Waals surface area contributed by atoms with Gasteiger partial charge in [0.05, 0.1) is 0 Å². The minimum absolute atomic E-state index is 0. The van der Waals surface area contributed by atoms with Crippen LogP contribution in [0.3, 0.4) is 0 Å². The summed E-state index contributed by atoms with van der Waals surface area (Å²) in [5, 5.41) is 4.94. The third kappa shape index (κ3) is 15.7. The Hall–Kier alpha value is -0.240. The lowest BCUT2D eigenvalue weighted by Gasteiger charge is -2.08. The van der Waals surface area contributed by atoms with Crippen molar-refractivity contribution in [2.45, 2.75) is 38.4 Å². The molecule has 0 aromatic rings. The Balaban J connectivity index is -0.00000128. The summed E-state index contributed by atoms with van der Waals surface area (Å²) in [6.45, 7) is 3.48. The summed E-state index contributed by atoms with van der Waals surface area (Å²) in [7, 11) is 0. The Bertz CT molecular complexity index is 229. The number of halogens is 5. The van der Waals surface area contributed by atoms with Crippen LogP contribution in [0.15, 0.2) is 0 Å². The van der Waals surface area contributed by atoms with Crippen LogP contribution in [0.4, 0.5) is 13.2 Å². The van der Waals surface area contributed by atoms with Gasteiger partial charge in [-0.15, -0.1) is 24.8 Å². The van der Waals surface area contributed by atoms with Crippen LogP contribution in [-0.4, -0.2) is 37.8 Å². The molecule has 4 N–H and O–H groups in total. The first-order chi connectivity index (χ1) is 7.84. The largest absolute Gasteiger partial charge is 0.471 e. The van der Waals surface area contributed by atoms with Crippen molar-refractivity contribution in [3.63, 3.8) is 0 Å². The zero-order valence-corrected chi connectivity index (χ0v) is 12.4. The van der Waals surface area contributed by atoms with Crippen molar-refractivity contribution in [3.8, 4) is 0 Å². The molecule has 0 aliphatic carbocycles. The second-order valence-electron chi connectivity index (χ2n) is 3.98. The molecule has 19 heavy (non-hydrogen) atoms. The Morgan fingerprint density at radius 2 is 1.68 bits per heavy atom. The first kappa shape index (κ1) is 23.8. The van der Waals surface area contributed by atoms with E-state index in [1.165, 1.54) is 0 Å². The zero-order chi connectivity index (χ0) is 13.3. The third-order valence-corrected chi connectivity index (χ3v) is 2.10. The van der Waals surface area contributed by atoms with Crippen molar-refractivity contribution < 1.29 is 18.0 Å². The summed E-state index contributed by atoms with van der Waals surface area (Å²) < 4.78 is 35.3. The second kappa shape index (κ2) is 12.8. The van der Waals surface area contributed by atoms with Gasteiger partial charge in [-0.25, -0.2) is 0 Å². The van der Waals surface area contributed by atoms with E-state index < -0.39 is 12.1 Å². The minimum Gasteiger partial charge on any atom is -0.348 e. The summed E-state index contributed by atoms with van der Waals surface area (Å²) in [6, 6.07) is 0.147. The smallest absolute Gasteiger partial charge is 0.348 e. The van der Waals surface area contributed by atoms with Gasteiger partial charge in [0.1, 0.15) is 0 Å². The van der Waals surface area contributed by atoms with Crippen molar-refractivity contribution in [2.24, 2.45) is 5.73 Å². The van der Waals surface area contributed by atoms with Crippen molar-refractivity contribution in [3.05, 3.63) is 0 Å². The number of carbonyl (C=O) groups excluding carboxylic acids is 1. The minimum atomic E-state index is -4.78. The van der Waals surface area contributed by atoms with E-state index in [4.69, 9.17) is 5.73 Å². The predicted molar refractivity (Wildman–Crippen MR) is 73.9 cm³/mol. The molecule has 0 bridgehead atoms. The van der Waals surface area contributed by atoms with Crippen LogP contribution in [0.25, 0.3) is 0 Å². The quantitative estimate of drug-likeness (QED) is 0.593. The molecule has 0 unspecified atom stereocenters. The van der Waals surface area contributed by atoms with Crippen LogP contribution in [0.1, 0.15) is 26.2 Å². The van der Waals surface area contributed by atoms with Crippen LogP contribution < -0.4 is 16.4 Å². The molecule has 0 rings (SSSR count). The fourth-order valence-electron chi connectivity index (χ4n) is 1.13. The van der Waals surface area contributed by atoms with Gasteiger partial charge in [0.2, 0.25) is 0 Å². The molecule has 1 atom stereocenters. The van der Waals surface area contributed by atoms with E-state index in [1.807, 2.05) is 12.2 Å². The maximum Gasteiger partial charge on any atom is 0.471 e. The van der Waals surface area contributed by atoms with Gasteiger partial charge in [0.25, 0.3) is 0 Å². The summed E-state index contributed by atoms with van der Waals surface area (Å²) in [5.74, 6) is -1.87. The SMILES string of the molecule is C[C@@H](N)CCNCCCCNC(=O)C(F)(F)F.Cl.Cl. The van der Waals surface area contributed by atoms with E-state index in [0.29, 0.717) is 13.0 Å². The molecule has 0 saturated heterocycles. The Kier molecular flexibility index (Phi) is 16.0. The van der Waals surface area contributed by atoms with E-state index >= 15 is 0 Å². The molecular formula is C10H22Cl2F3N3O. The molecule has 0 aliphatic heterocycles. The number of nitrogens with two attached hydrogens (primary N) is 1. The topological polar surface area (TPSA) is 67.2 Å². The molecule has 0 fully saturated rings. The molecule has 0 saturated carbocycles. The van der Waals surface area contributed by atoms with Gasteiger partial charge in [0.15, 0.2) is 0 Å². The van der Waals surface area contributed by atoms with Crippen LogP contribution in [0, 0.1) is 0 Å². The van der Waals surface area contributed by atoms with Crippen molar-refractivity contribution in [1.82, 2.24) is 10.6 Å². The molecule has 0 aliphatic rings. The van der Waals surface area contributed by atoms with Crippen molar-refractivity contribution in [1.29, 1.82) is 0 Å². The molecule has 9 heteroatoms. The molecule has 0 heterocycles. The van der Waals surface area contributed by atoms with E-state index in [9.17, 15) is 18.0 Å². The van der Waals surface area contributed by atoms with Crippen LogP contribution in [0.5, 0.6) is 0 Å². The summed E-state index contributed by atoms with van der Waals surface area (Å²) in [4.78, 5) is 10.4. The lowest BCUT2D eigenvalue weighted by atomic mass is 10.2. The molecular weight excluding hydrogens is 306 g/mol. The zero-order valence-electron chi connectivity index (χ0n) is 10.8. The second-order valence-corrected chi connectivity index (χ2v) is 3.98. The molecule has 0 aromatic carbocycles. The third-order valence-electron chi connectivity index (χ3n) is 2.10. The van der Waals surface area contributed by atoms with Crippen LogP contribution in [0.2, 0.25) is 0 Å². The first-order valence-corrected chi connectivity index (χ1v) is 5.65. The summed E-state index contributed by atoms with van der Waals surface area (Å²) in [5.41, 5.74) is 5.53. The predicted octanol–water partition coefficient (Wildman–Crippen LogP) is 1.62.